The summed E-state index contributed by atoms with van der Waals surface area (Å²) in [6.45, 7) is 0.461. The minimum atomic E-state index is -0.547. The van der Waals surface area contributed by atoms with E-state index in [1.165, 1.54) is 16.2 Å². The van der Waals surface area contributed by atoms with Gasteiger partial charge in [0, 0.05) is 11.6 Å². The third-order valence-corrected chi connectivity index (χ3v) is 5.94. The van der Waals surface area contributed by atoms with Crippen molar-refractivity contribution in [3.8, 4) is 22.9 Å². The van der Waals surface area contributed by atoms with Crippen LogP contribution in [-0.2, 0) is 6.54 Å². The minimum Gasteiger partial charge on any atom is -0.497 e. The van der Waals surface area contributed by atoms with Crippen LogP contribution in [0.15, 0.2) is 71.9 Å². The molecule has 0 fully saturated rings. The van der Waals surface area contributed by atoms with E-state index in [0.29, 0.717) is 40.4 Å². The maximum atomic E-state index is 13.6. The standard InChI is InChI=1S/C25H22N5O6/c1-34-18-7-5-17(6-8-18)28-24-20(30(32)33)13-26-29(24)21-15-27(11-10-19(21)25(28)31)14-16-4-9-22(35-2)23(12-16)36-3/h4-13,15H,14H2,1-3H3/q+1. The fourth-order valence-corrected chi connectivity index (χ4v) is 4.20. The molecule has 0 bridgehead atoms. The summed E-state index contributed by atoms with van der Waals surface area (Å²) < 4.78 is 20.5. The Labute approximate surface area is 204 Å². The topological polar surface area (TPSA) is 114 Å². The summed E-state index contributed by atoms with van der Waals surface area (Å²) in [6, 6.07) is 14.0. The number of aromatic nitrogens is 4. The molecule has 11 heteroatoms. The number of nitro groups is 1. The highest BCUT2D eigenvalue weighted by molar-refractivity contribution is 5.82. The number of methoxy groups -OCH3 is 3. The van der Waals surface area contributed by atoms with Gasteiger partial charge in [-0.05, 0) is 42.5 Å². The zero-order chi connectivity index (χ0) is 25.4. The van der Waals surface area contributed by atoms with E-state index in [1.807, 2.05) is 22.8 Å². The van der Waals surface area contributed by atoms with Crippen LogP contribution < -0.4 is 24.3 Å². The number of hydrogen-bond acceptors (Lipinski definition) is 7. The van der Waals surface area contributed by atoms with Gasteiger partial charge < -0.3 is 14.2 Å². The lowest BCUT2D eigenvalue weighted by Gasteiger charge is -2.11. The molecule has 5 rings (SSSR count). The normalized spacial score (nSPS) is 11.1. The van der Waals surface area contributed by atoms with Gasteiger partial charge in [0.15, 0.2) is 30.4 Å². The first-order valence-corrected chi connectivity index (χ1v) is 10.9. The van der Waals surface area contributed by atoms with Gasteiger partial charge in [-0.3, -0.25) is 19.5 Å². The number of nitrogens with zero attached hydrogens (tertiary/aromatic N) is 5. The Balaban J connectivity index is 1.70. The molecule has 5 aromatic rings. The van der Waals surface area contributed by atoms with Crippen LogP contribution in [0.4, 0.5) is 5.69 Å². The van der Waals surface area contributed by atoms with E-state index < -0.39 is 10.5 Å². The van der Waals surface area contributed by atoms with E-state index in [2.05, 4.69) is 5.10 Å². The van der Waals surface area contributed by atoms with Crippen molar-refractivity contribution in [2.24, 2.45) is 0 Å². The molecule has 0 spiro atoms. The predicted molar refractivity (Wildman–Crippen MR) is 130 cm³/mol. The predicted octanol–water partition coefficient (Wildman–Crippen LogP) is 2.91. The number of ether oxygens (including phenoxy) is 3. The molecule has 11 nitrogen and oxygen atoms in total. The van der Waals surface area contributed by atoms with Crippen LogP contribution in [-0.4, -0.2) is 40.4 Å². The Morgan fingerprint density at radius 1 is 1.00 bits per heavy atom. The first-order chi connectivity index (χ1) is 17.4. The lowest BCUT2D eigenvalue weighted by atomic mass is 10.2. The average Bonchev–Trinajstić information content (AvgIpc) is 3.34. The lowest BCUT2D eigenvalue weighted by molar-refractivity contribution is -0.687. The third kappa shape index (κ3) is 3.76. The third-order valence-electron chi connectivity index (χ3n) is 5.94. The molecule has 2 aromatic carbocycles. The second-order valence-corrected chi connectivity index (χ2v) is 7.97. The number of hydrogen-bond donors (Lipinski definition) is 0. The monoisotopic (exact) mass is 488 g/mol. The van der Waals surface area contributed by atoms with Crippen LogP contribution in [0.3, 0.4) is 0 Å². The number of rotatable bonds is 7. The van der Waals surface area contributed by atoms with Crippen molar-refractivity contribution in [1.82, 2.24) is 14.2 Å². The Morgan fingerprint density at radius 2 is 1.75 bits per heavy atom. The van der Waals surface area contributed by atoms with Crippen molar-refractivity contribution in [1.29, 1.82) is 0 Å². The molecule has 0 saturated heterocycles. The van der Waals surface area contributed by atoms with E-state index in [4.69, 9.17) is 14.2 Å². The molecule has 0 atom stereocenters. The summed E-state index contributed by atoms with van der Waals surface area (Å²) in [6.07, 6.45) is 4.68. The van der Waals surface area contributed by atoms with Crippen molar-refractivity contribution in [3.63, 3.8) is 0 Å². The Morgan fingerprint density at radius 3 is 2.42 bits per heavy atom. The van der Waals surface area contributed by atoms with E-state index in [0.717, 1.165) is 11.8 Å². The number of pyridine rings is 1. The molecule has 0 amide bonds. The summed E-state index contributed by atoms with van der Waals surface area (Å²) in [5.74, 6) is 1.82. The van der Waals surface area contributed by atoms with E-state index in [1.54, 1.807) is 56.9 Å². The van der Waals surface area contributed by atoms with Crippen molar-refractivity contribution in [2.75, 3.05) is 21.3 Å². The summed E-state index contributed by atoms with van der Waals surface area (Å²) >= 11 is 0. The van der Waals surface area contributed by atoms with Gasteiger partial charge in [-0.2, -0.15) is 9.67 Å². The molecule has 0 radical (unpaired) electrons. The van der Waals surface area contributed by atoms with Crippen molar-refractivity contribution < 1.29 is 23.7 Å². The zero-order valence-electron chi connectivity index (χ0n) is 19.7. The summed E-state index contributed by atoms with van der Waals surface area (Å²) in [5, 5.41) is 16.4. The van der Waals surface area contributed by atoms with Crippen LogP contribution in [0.5, 0.6) is 17.2 Å². The quantitative estimate of drug-likeness (QED) is 0.197. The minimum absolute atomic E-state index is 0.0616. The lowest BCUT2D eigenvalue weighted by Crippen LogP contribution is -2.34. The van der Waals surface area contributed by atoms with Crippen molar-refractivity contribution in [3.05, 3.63) is 93.2 Å². The highest BCUT2D eigenvalue weighted by Crippen LogP contribution is 2.28. The van der Waals surface area contributed by atoms with Gasteiger partial charge in [0.2, 0.25) is 5.65 Å². The molecule has 0 N–H and O–H groups in total. The van der Waals surface area contributed by atoms with E-state index in [-0.39, 0.29) is 11.3 Å². The van der Waals surface area contributed by atoms with Gasteiger partial charge >= 0.3 is 5.69 Å². The summed E-state index contributed by atoms with van der Waals surface area (Å²) in [5.41, 5.74) is 1.22. The summed E-state index contributed by atoms with van der Waals surface area (Å²) in [4.78, 5) is 24.9. The van der Waals surface area contributed by atoms with Crippen molar-refractivity contribution in [2.45, 2.75) is 6.54 Å². The molecule has 3 aromatic heterocycles. The largest absolute Gasteiger partial charge is 0.497 e. The molecule has 3 heterocycles. The smallest absolute Gasteiger partial charge is 0.332 e. The first kappa shape index (κ1) is 22.8. The van der Waals surface area contributed by atoms with E-state index in [9.17, 15) is 14.9 Å². The molecule has 0 saturated carbocycles. The fourth-order valence-electron chi connectivity index (χ4n) is 4.20. The first-order valence-electron chi connectivity index (χ1n) is 10.9. The van der Waals surface area contributed by atoms with Crippen LogP contribution in [0.1, 0.15) is 5.56 Å². The molecular formula is C25H22N5O6+. The highest BCUT2D eigenvalue weighted by atomic mass is 16.6. The Bertz CT molecular complexity index is 1670. The van der Waals surface area contributed by atoms with Gasteiger partial charge in [-0.25, -0.2) is 4.52 Å². The van der Waals surface area contributed by atoms with Crippen LogP contribution >= 0.6 is 0 Å². The fraction of sp³-hybridized carbons (Fsp3) is 0.160. The second kappa shape index (κ2) is 9.02. The highest BCUT2D eigenvalue weighted by Gasteiger charge is 2.25. The van der Waals surface area contributed by atoms with Crippen LogP contribution in [0.2, 0.25) is 0 Å². The molecule has 36 heavy (non-hydrogen) atoms. The van der Waals surface area contributed by atoms with Crippen LogP contribution in [0.25, 0.3) is 22.2 Å². The van der Waals surface area contributed by atoms with Gasteiger partial charge in [0.25, 0.3) is 5.56 Å². The van der Waals surface area contributed by atoms with E-state index >= 15 is 0 Å². The molecule has 0 aliphatic rings. The van der Waals surface area contributed by atoms with Crippen LogP contribution in [0, 0.1) is 10.1 Å². The zero-order valence-corrected chi connectivity index (χ0v) is 19.7. The van der Waals surface area contributed by atoms with Crippen molar-refractivity contribution >= 4 is 22.2 Å². The average molecular weight is 488 g/mol. The molecule has 0 aliphatic carbocycles. The molecular weight excluding hydrogens is 466 g/mol. The van der Waals surface area contributed by atoms with Gasteiger partial charge in [0.1, 0.15) is 17.5 Å². The Hall–Kier alpha value is -4.93. The van der Waals surface area contributed by atoms with Gasteiger partial charge in [-0.15, -0.1) is 0 Å². The molecule has 0 unspecified atom stereocenters. The van der Waals surface area contributed by atoms with Gasteiger partial charge in [-0.1, -0.05) is 0 Å². The number of benzene rings is 2. The van der Waals surface area contributed by atoms with Gasteiger partial charge in [0.05, 0.1) is 37.3 Å². The molecule has 0 aliphatic heterocycles. The SMILES string of the molecule is COc1ccc(-n2c(=O)c3cc[n+](Cc4ccc(OC)c(OC)c4)cc3n3ncc([N+](=O)[O-])c23)cc1. The second-order valence-electron chi connectivity index (χ2n) is 7.97. The molecule has 182 valence electrons. The summed E-state index contributed by atoms with van der Waals surface area (Å²) in [7, 11) is 4.68. The maximum Gasteiger partial charge on any atom is 0.332 e. The maximum absolute atomic E-state index is 13.6. The number of fused-ring (bicyclic) bond motifs is 3. The Kier molecular flexibility index (Phi) is 5.72.